The van der Waals surface area contributed by atoms with Crippen molar-refractivity contribution in [3.63, 3.8) is 0 Å². The molecule has 0 aromatic carbocycles. The molecule has 0 atom stereocenters. The average Bonchev–Trinajstić information content (AvgIpc) is 2.89. The van der Waals surface area contributed by atoms with Crippen molar-refractivity contribution in [3.05, 3.63) is 10.9 Å². The Labute approximate surface area is 121 Å². The number of carbonyl (C=O) groups is 1. The summed E-state index contributed by atoms with van der Waals surface area (Å²) in [6.07, 6.45) is 1.34. The zero-order valence-corrected chi connectivity index (χ0v) is 12.3. The first-order valence-corrected chi connectivity index (χ1v) is 7.21. The lowest BCUT2D eigenvalue weighted by Gasteiger charge is -2.07. The van der Waals surface area contributed by atoms with Crippen LogP contribution in [0.5, 0.6) is 0 Å². The monoisotopic (exact) mass is 294 g/mol. The van der Waals surface area contributed by atoms with Crippen molar-refractivity contribution < 1.29 is 4.79 Å². The van der Waals surface area contributed by atoms with Crippen molar-refractivity contribution in [1.29, 1.82) is 0 Å². The minimum atomic E-state index is -0.0143. The van der Waals surface area contributed by atoms with E-state index in [1.165, 1.54) is 4.88 Å². The van der Waals surface area contributed by atoms with E-state index in [4.69, 9.17) is 5.84 Å². The Hall–Kier alpha value is -1.93. The largest absolute Gasteiger partial charge is 0.369 e. The first-order valence-electron chi connectivity index (χ1n) is 6.39. The number of thiophene rings is 1. The minimum absolute atomic E-state index is 0.0143. The van der Waals surface area contributed by atoms with E-state index in [0.717, 1.165) is 16.6 Å². The highest BCUT2D eigenvalue weighted by molar-refractivity contribution is 7.18. The Bertz CT molecular complexity index is 611. The van der Waals surface area contributed by atoms with Crippen LogP contribution in [-0.4, -0.2) is 29.5 Å². The highest BCUT2D eigenvalue weighted by Gasteiger charge is 2.11. The van der Waals surface area contributed by atoms with Gasteiger partial charge in [-0.1, -0.05) is 6.92 Å². The van der Waals surface area contributed by atoms with Gasteiger partial charge in [0.05, 0.1) is 5.39 Å². The van der Waals surface area contributed by atoms with Gasteiger partial charge in [0.15, 0.2) is 0 Å². The molecule has 0 unspecified atom stereocenters. The van der Waals surface area contributed by atoms with Gasteiger partial charge in [-0.05, 0) is 12.5 Å². The van der Waals surface area contributed by atoms with E-state index in [2.05, 4.69) is 39.0 Å². The second-order valence-electron chi connectivity index (χ2n) is 4.18. The number of hydrazine groups is 1. The van der Waals surface area contributed by atoms with Crippen LogP contribution >= 0.6 is 11.3 Å². The number of nitrogen functional groups attached to an aromatic ring is 1. The molecule has 0 aliphatic rings. The quantitative estimate of drug-likeness (QED) is 0.469. The topological polar surface area (TPSA) is 105 Å². The number of nitrogens with one attached hydrogen (secondary N) is 3. The molecule has 0 spiro atoms. The van der Waals surface area contributed by atoms with Crippen LogP contribution in [0.2, 0.25) is 0 Å². The van der Waals surface area contributed by atoms with Crippen LogP contribution in [-0.2, 0) is 11.2 Å². The van der Waals surface area contributed by atoms with Crippen molar-refractivity contribution in [2.24, 2.45) is 5.84 Å². The second kappa shape index (κ2) is 6.49. The average molecular weight is 294 g/mol. The molecular formula is C12H18N6OS. The lowest BCUT2D eigenvalue weighted by molar-refractivity contribution is -0.120. The van der Waals surface area contributed by atoms with Crippen molar-refractivity contribution in [2.75, 3.05) is 24.3 Å². The van der Waals surface area contributed by atoms with Gasteiger partial charge in [-0.2, -0.15) is 4.98 Å². The van der Waals surface area contributed by atoms with Gasteiger partial charge >= 0.3 is 0 Å². The molecule has 0 aliphatic heterocycles. The predicted molar refractivity (Wildman–Crippen MR) is 81.8 cm³/mol. The van der Waals surface area contributed by atoms with Gasteiger partial charge in [0.25, 0.3) is 0 Å². The Balaban J connectivity index is 2.25. The fourth-order valence-corrected chi connectivity index (χ4v) is 2.73. The summed E-state index contributed by atoms with van der Waals surface area (Å²) in [5.41, 5.74) is 2.46. The summed E-state index contributed by atoms with van der Waals surface area (Å²) in [7, 11) is 1.62. The lowest BCUT2D eigenvalue weighted by atomic mass is 10.3. The van der Waals surface area contributed by atoms with Crippen LogP contribution in [0.25, 0.3) is 10.2 Å². The number of nitrogens with two attached hydrogens (primary N) is 1. The number of hydrogen-bond acceptors (Lipinski definition) is 7. The van der Waals surface area contributed by atoms with Gasteiger partial charge in [-0.3, -0.25) is 10.2 Å². The molecule has 108 valence electrons. The second-order valence-corrected chi connectivity index (χ2v) is 5.29. The summed E-state index contributed by atoms with van der Waals surface area (Å²) in [5, 5.41) is 6.71. The number of aryl methyl sites for hydroxylation is 1. The molecule has 2 rings (SSSR count). The SMILES string of the molecule is CCc1cc2c(NCCC(=O)NC)nc(NN)nc2s1. The summed E-state index contributed by atoms with van der Waals surface area (Å²) in [6, 6.07) is 2.07. The van der Waals surface area contributed by atoms with E-state index < -0.39 is 0 Å². The fourth-order valence-electron chi connectivity index (χ4n) is 1.76. The number of hydrogen-bond donors (Lipinski definition) is 4. The number of nitrogens with zero attached hydrogens (tertiary/aromatic N) is 2. The molecule has 20 heavy (non-hydrogen) atoms. The van der Waals surface area contributed by atoms with Gasteiger partial charge in [0, 0.05) is 24.9 Å². The zero-order valence-electron chi connectivity index (χ0n) is 11.5. The standard InChI is InChI=1S/C12H18N6OS/c1-3-7-6-8-10(15-5-4-9(19)14-2)16-12(18-13)17-11(8)20-7/h6H,3-5,13H2,1-2H3,(H,14,19)(H2,15,16,17,18). The lowest BCUT2D eigenvalue weighted by Crippen LogP contribution is -2.21. The highest BCUT2D eigenvalue weighted by atomic mass is 32.1. The van der Waals surface area contributed by atoms with Crippen molar-refractivity contribution in [3.8, 4) is 0 Å². The van der Waals surface area contributed by atoms with Gasteiger partial charge < -0.3 is 10.6 Å². The molecule has 0 saturated heterocycles. The molecule has 8 heteroatoms. The predicted octanol–water partition coefficient (Wildman–Crippen LogP) is 1.09. The van der Waals surface area contributed by atoms with E-state index >= 15 is 0 Å². The third kappa shape index (κ3) is 3.14. The van der Waals surface area contributed by atoms with Crippen LogP contribution in [0.3, 0.4) is 0 Å². The number of anilines is 2. The van der Waals surface area contributed by atoms with Gasteiger partial charge in [0.2, 0.25) is 11.9 Å². The van der Waals surface area contributed by atoms with Crippen LogP contribution in [0.4, 0.5) is 11.8 Å². The maximum absolute atomic E-state index is 11.2. The number of amides is 1. The summed E-state index contributed by atoms with van der Waals surface area (Å²) in [6.45, 7) is 2.60. The molecule has 0 saturated carbocycles. The molecule has 1 amide bonds. The molecule has 7 nitrogen and oxygen atoms in total. The molecule has 2 aromatic heterocycles. The molecule has 2 aromatic rings. The molecule has 0 radical (unpaired) electrons. The number of rotatable bonds is 6. The number of aromatic nitrogens is 2. The summed E-state index contributed by atoms with van der Waals surface area (Å²) < 4.78 is 0. The van der Waals surface area contributed by atoms with Gasteiger partial charge in [-0.25, -0.2) is 10.8 Å². The number of fused-ring (bicyclic) bond motifs is 1. The zero-order chi connectivity index (χ0) is 14.5. The van der Waals surface area contributed by atoms with Crippen molar-refractivity contribution in [2.45, 2.75) is 19.8 Å². The first kappa shape index (κ1) is 14.5. The van der Waals surface area contributed by atoms with Crippen molar-refractivity contribution in [1.82, 2.24) is 15.3 Å². The van der Waals surface area contributed by atoms with Gasteiger partial charge in [0.1, 0.15) is 10.6 Å². The minimum Gasteiger partial charge on any atom is -0.369 e. The Morgan fingerprint density at radius 3 is 2.90 bits per heavy atom. The number of carbonyl (C=O) groups excluding carboxylic acids is 1. The van der Waals surface area contributed by atoms with Crippen LogP contribution in [0, 0.1) is 0 Å². The van der Waals surface area contributed by atoms with E-state index in [0.29, 0.717) is 24.7 Å². The molecule has 0 fully saturated rings. The maximum Gasteiger partial charge on any atom is 0.240 e. The molecule has 2 heterocycles. The van der Waals surface area contributed by atoms with Crippen LogP contribution in [0.15, 0.2) is 6.07 Å². The molecule has 5 N–H and O–H groups in total. The Morgan fingerprint density at radius 2 is 2.25 bits per heavy atom. The van der Waals surface area contributed by atoms with Gasteiger partial charge in [-0.15, -0.1) is 11.3 Å². The third-order valence-corrected chi connectivity index (χ3v) is 4.02. The maximum atomic E-state index is 11.2. The van der Waals surface area contributed by atoms with E-state index in [1.807, 2.05) is 0 Å². The molecule has 0 bridgehead atoms. The van der Waals surface area contributed by atoms with E-state index in [9.17, 15) is 4.79 Å². The molecular weight excluding hydrogens is 276 g/mol. The van der Waals surface area contributed by atoms with Crippen LogP contribution < -0.4 is 21.9 Å². The summed E-state index contributed by atoms with van der Waals surface area (Å²) >= 11 is 1.62. The summed E-state index contributed by atoms with van der Waals surface area (Å²) in [4.78, 5) is 22.0. The van der Waals surface area contributed by atoms with Crippen LogP contribution in [0.1, 0.15) is 18.2 Å². The molecule has 0 aliphatic carbocycles. The van der Waals surface area contributed by atoms with E-state index in [-0.39, 0.29) is 5.91 Å². The normalized spacial score (nSPS) is 10.6. The van der Waals surface area contributed by atoms with E-state index in [1.54, 1.807) is 18.4 Å². The first-order chi connectivity index (χ1) is 9.67. The Kier molecular flexibility index (Phi) is 4.70. The Morgan fingerprint density at radius 1 is 1.45 bits per heavy atom. The van der Waals surface area contributed by atoms with Crippen molar-refractivity contribution >= 4 is 39.2 Å². The smallest absolute Gasteiger partial charge is 0.240 e. The highest BCUT2D eigenvalue weighted by Crippen LogP contribution is 2.30. The summed E-state index contributed by atoms with van der Waals surface area (Å²) in [5.74, 6) is 6.43. The fraction of sp³-hybridized carbons (Fsp3) is 0.417. The third-order valence-electron chi connectivity index (χ3n) is 2.84.